The van der Waals surface area contributed by atoms with Crippen molar-refractivity contribution < 1.29 is 0 Å². The van der Waals surface area contributed by atoms with E-state index in [-0.39, 0.29) is 0 Å². The summed E-state index contributed by atoms with van der Waals surface area (Å²) in [5.41, 5.74) is 0. The van der Waals surface area contributed by atoms with E-state index in [1.165, 1.54) is 0 Å². The molecule has 0 aromatic rings. The van der Waals surface area contributed by atoms with Crippen molar-refractivity contribution in [2.75, 3.05) is 5.75 Å². The fraction of sp³-hybridized carbons (Fsp3) is 0.500. The van der Waals surface area contributed by atoms with Crippen molar-refractivity contribution in [2.45, 2.75) is 19.8 Å². The van der Waals surface area contributed by atoms with E-state index in [0.717, 1.165) is 18.6 Å². The van der Waals surface area contributed by atoms with E-state index < -0.39 is 0 Å². The van der Waals surface area contributed by atoms with E-state index in [1.807, 2.05) is 6.92 Å². The maximum Gasteiger partial charge on any atom is 0.00825 e. The van der Waals surface area contributed by atoms with Crippen molar-refractivity contribution in [3.63, 3.8) is 0 Å². The molecule has 0 unspecified atom stereocenters. The van der Waals surface area contributed by atoms with Crippen molar-refractivity contribution >= 4 is 12.6 Å². The molecule has 0 bridgehead atoms. The van der Waals surface area contributed by atoms with Crippen molar-refractivity contribution in [1.29, 1.82) is 0 Å². The van der Waals surface area contributed by atoms with Gasteiger partial charge in [-0.3, -0.25) is 0 Å². The van der Waals surface area contributed by atoms with E-state index >= 15 is 0 Å². The number of rotatable bonds is 4. The second kappa shape index (κ2) is 7.83. The van der Waals surface area contributed by atoms with Crippen molar-refractivity contribution in [3.05, 3.63) is 24.3 Å². The molecule has 0 radical (unpaired) electrons. The Morgan fingerprint density at radius 1 is 1.11 bits per heavy atom. The van der Waals surface area contributed by atoms with Crippen LogP contribution in [0.2, 0.25) is 0 Å². The van der Waals surface area contributed by atoms with Crippen LogP contribution in [-0.2, 0) is 0 Å². The van der Waals surface area contributed by atoms with Crippen LogP contribution >= 0.6 is 12.6 Å². The molecule has 0 saturated carbocycles. The van der Waals surface area contributed by atoms with Gasteiger partial charge in [0.25, 0.3) is 0 Å². The molecule has 52 valence electrons. The molecule has 0 rings (SSSR count). The highest BCUT2D eigenvalue weighted by atomic mass is 32.1. The molecule has 9 heavy (non-hydrogen) atoms. The first-order valence-electron chi connectivity index (χ1n) is 3.28. The van der Waals surface area contributed by atoms with Gasteiger partial charge in [0.1, 0.15) is 0 Å². The van der Waals surface area contributed by atoms with Gasteiger partial charge in [0.15, 0.2) is 0 Å². The Balaban J connectivity index is 2.99. The van der Waals surface area contributed by atoms with Crippen LogP contribution in [-0.4, -0.2) is 5.75 Å². The minimum atomic E-state index is 0.857. The quantitative estimate of drug-likeness (QED) is 0.348. The SMILES string of the molecule is C/C=C/CC/C=C/CS. The molecule has 0 heterocycles. The molecule has 0 aliphatic heterocycles. The first-order chi connectivity index (χ1) is 4.41. The summed E-state index contributed by atoms with van der Waals surface area (Å²) >= 11 is 4.04. The zero-order chi connectivity index (χ0) is 6.95. The third-order valence-corrected chi connectivity index (χ3v) is 1.22. The largest absolute Gasteiger partial charge is 0.175 e. The van der Waals surface area contributed by atoms with E-state index in [0.29, 0.717) is 0 Å². The maximum atomic E-state index is 4.04. The van der Waals surface area contributed by atoms with Crippen LogP contribution in [0.3, 0.4) is 0 Å². The average molecular weight is 142 g/mol. The van der Waals surface area contributed by atoms with Crippen molar-refractivity contribution in [3.8, 4) is 0 Å². The third-order valence-electron chi connectivity index (χ3n) is 1.01. The lowest BCUT2D eigenvalue weighted by molar-refractivity contribution is 1.05. The summed E-state index contributed by atoms with van der Waals surface area (Å²) in [5.74, 6) is 0.857. The fourth-order valence-corrected chi connectivity index (χ4v) is 0.701. The minimum absolute atomic E-state index is 0.857. The van der Waals surface area contributed by atoms with Gasteiger partial charge < -0.3 is 0 Å². The van der Waals surface area contributed by atoms with Gasteiger partial charge in [0, 0.05) is 5.75 Å². The second-order valence-electron chi connectivity index (χ2n) is 1.80. The smallest absolute Gasteiger partial charge is 0.00825 e. The molecule has 0 fully saturated rings. The van der Waals surface area contributed by atoms with Gasteiger partial charge in [-0.25, -0.2) is 0 Å². The van der Waals surface area contributed by atoms with E-state index in [9.17, 15) is 0 Å². The fourth-order valence-electron chi connectivity index (χ4n) is 0.552. The molecule has 0 saturated heterocycles. The Bertz CT molecular complexity index is 92.7. The van der Waals surface area contributed by atoms with Crippen LogP contribution in [0, 0.1) is 0 Å². The lowest BCUT2D eigenvalue weighted by atomic mass is 10.3. The summed E-state index contributed by atoms with van der Waals surface area (Å²) in [5, 5.41) is 0. The normalized spacial score (nSPS) is 11.8. The number of allylic oxidation sites excluding steroid dienone is 3. The van der Waals surface area contributed by atoms with E-state index in [1.54, 1.807) is 0 Å². The molecule has 0 nitrogen and oxygen atoms in total. The topological polar surface area (TPSA) is 0 Å². The second-order valence-corrected chi connectivity index (χ2v) is 2.17. The zero-order valence-electron chi connectivity index (χ0n) is 5.88. The molecule has 0 amide bonds. The van der Waals surface area contributed by atoms with Crippen LogP contribution in [0.15, 0.2) is 24.3 Å². The van der Waals surface area contributed by atoms with Gasteiger partial charge in [0.2, 0.25) is 0 Å². The predicted octanol–water partition coefficient (Wildman–Crippen LogP) is 2.83. The van der Waals surface area contributed by atoms with Gasteiger partial charge in [-0.1, -0.05) is 24.3 Å². The van der Waals surface area contributed by atoms with Crippen LogP contribution in [0.4, 0.5) is 0 Å². The number of hydrogen-bond acceptors (Lipinski definition) is 1. The molecule has 0 aliphatic carbocycles. The third kappa shape index (κ3) is 7.83. The molecule has 0 atom stereocenters. The van der Waals surface area contributed by atoms with Gasteiger partial charge in [0.05, 0.1) is 0 Å². The van der Waals surface area contributed by atoms with Gasteiger partial charge >= 0.3 is 0 Å². The molecular formula is C8H14S. The van der Waals surface area contributed by atoms with Crippen LogP contribution < -0.4 is 0 Å². The van der Waals surface area contributed by atoms with Crippen molar-refractivity contribution in [2.24, 2.45) is 0 Å². The molecule has 0 spiro atoms. The molecule has 0 aliphatic rings. The summed E-state index contributed by atoms with van der Waals surface area (Å²) in [4.78, 5) is 0. The van der Waals surface area contributed by atoms with Crippen molar-refractivity contribution in [1.82, 2.24) is 0 Å². The summed E-state index contributed by atoms with van der Waals surface area (Å²) < 4.78 is 0. The summed E-state index contributed by atoms with van der Waals surface area (Å²) in [6.45, 7) is 2.04. The Morgan fingerprint density at radius 2 is 1.78 bits per heavy atom. The zero-order valence-corrected chi connectivity index (χ0v) is 6.77. The lowest BCUT2D eigenvalue weighted by Gasteiger charge is -1.83. The highest BCUT2D eigenvalue weighted by molar-refractivity contribution is 7.80. The van der Waals surface area contributed by atoms with E-state index in [2.05, 4.69) is 36.9 Å². The monoisotopic (exact) mass is 142 g/mol. The van der Waals surface area contributed by atoms with Crippen LogP contribution in [0.25, 0.3) is 0 Å². The predicted molar refractivity (Wildman–Crippen MR) is 47.0 cm³/mol. The number of thiol groups is 1. The molecule has 0 aromatic carbocycles. The highest BCUT2D eigenvalue weighted by Crippen LogP contribution is 1.92. The summed E-state index contributed by atoms with van der Waals surface area (Å²) in [6.07, 6.45) is 10.8. The molecule has 0 N–H and O–H groups in total. The minimum Gasteiger partial charge on any atom is -0.175 e. The van der Waals surface area contributed by atoms with Gasteiger partial charge in [-0.05, 0) is 19.8 Å². The Kier molecular flexibility index (Phi) is 7.68. The van der Waals surface area contributed by atoms with Crippen LogP contribution in [0.1, 0.15) is 19.8 Å². The Labute approximate surface area is 63.1 Å². The average Bonchev–Trinajstić information content (AvgIpc) is 1.89. The molecule has 1 heteroatoms. The highest BCUT2D eigenvalue weighted by Gasteiger charge is 1.72. The molecule has 0 aromatic heterocycles. The maximum absolute atomic E-state index is 4.04. The van der Waals surface area contributed by atoms with E-state index in [4.69, 9.17) is 0 Å². The summed E-state index contributed by atoms with van der Waals surface area (Å²) in [7, 11) is 0. The standard InChI is InChI=1S/C8H14S/c1-2-3-4-5-6-7-8-9/h2-3,6-7,9H,4-5,8H2,1H3/b3-2+,7-6+. The number of unbranched alkanes of at least 4 members (excludes halogenated alkanes) is 1. The summed E-state index contributed by atoms with van der Waals surface area (Å²) in [6, 6.07) is 0. The first-order valence-corrected chi connectivity index (χ1v) is 3.92. The Morgan fingerprint density at radius 3 is 2.33 bits per heavy atom. The van der Waals surface area contributed by atoms with Gasteiger partial charge in [-0.15, -0.1) is 0 Å². The lowest BCUT2D eigenvalue weighted by Crippen LogP contribution is -1.64. The molecular weight excluding hydrogens is 128 g/mol. The van der Waals surface area contributed by atoms with Gasteiger partial charge in [-0.2, -0.15) is 12.6 Å². The Hall–Kier alpha value is -0.170. The van der Waals surface area contributed by atoms with Crippen LogP contribution in [0.5, 0.6) is 0 Å². The first kappa shape index (κ1) is 8.83. The number of hydrogen-bond donors (Lipinski definition) is 1.